The average Bonchev–Trinajstić information content (AvgIpc) is 3.12. The van der Waals surface area contributed by atoms with Gasteiger partial charge in [-0.1, -0.05) is 19.8 Å². The number of carbonyl (C=O) groups is 1. The zero-order valence-corrected chi connectivity index (χ0v) is 16.1. The third kappa shape index (κ3) is 7.63. The number of hydrogen-bond donors (Lipinski definition) is 3. The van der Waals surface area contributed by atoms with Crippen molar-refractivity contribution in [1.29, 1.82) is 0 Å². The molecule has 0 aromatic rings. The summed E-state index contributed by atoms with van der Waals surface area (Å²) in [5.41, 5.74) is 0. The van der Waals surface area contributed by atoms with Crippen molar-refractivity contribution in [3.8, 4) is 0 Å². The summed E-state index contributed by atoms with van der Waals surface area (Å²) in [7, 11) is 1.81. The van der Waals surface area contributed by atoms with Gasteiger partial charge >= 0.3 is 0 Å². The van der Waals surface area contributed by atoms with Crippen LogP contribution in [0.4, 0.5) is 0 Å². The van der Waals surface area contributed by atoms with Crippen LogP contribution in [0.1, 0.15) is 58.3 Å². The number of carbonyl (C=O) groups excluding carboxylic acids is 1. The third-order valence-corrected chi connectivity index (χ3v) is 5.38. The highest BCUT2D eigenvalue weighted by molar-refractivity contribution is 5.80. The molecule has 1 heterocycles. The van der Waals surface area contributed by atoms with Crippen LogP contribution in [0.15, 0.2) is 4.99 Å². The standard InChI is InChI=1S/C19H37N5O/c1-3-12-24-13-8-17(9-14-24)23-19(20-2)22-11-10-21-18(25)15-16-6-4-5-7-16/h16-17H,3-15H2,1-2H3,(H,21,25)(H2,20,22,23). The lowest BCUT2D eigenvalue weighted by Crippen LogP contribution is -2.49. The van der Waals surface area contributed by atoms with Crippen molar-refractivity contribution >= 4 is 11.9 Å². The van der Waals surface area contributed by atoms with Crippen LogP contribution in [-0.2, 0) is 4.79 Å². The normalized spacial score (nSPS) is 20.6. The fourth-order valence-corrected chi connectivity index (χ4v) is 3.94. The summed E-state index contributed by atoms with van der Waals surface area (Å²) in [6.45, 7) is 7.15. The first-order chi connectivity index (χ1) is 12.2. The Morgan fingerprint density at radius 2 is 1.76 bits per heavy atom. The van der Waals surface area contributed by atoms with Gasteiger partial charge in [0.25, 0.3) is 0 Å². The molecule has 0 aromatic heterocycles. The van der Waals surface area contributed by atoms with E-state index < -0.39 is 0 Å². The maximum Gasteiger partial charge on any atom is 0.220 e. The van der Waals surface area contributed by atoms with E-state index in [1.54, 1.807) is 7.05 Å². The summed E-state index contributed by atoms with van der Waals surface area (Å²) in [4.78, 5) is 18.8. The molecule has 1 saturated heterocycles. The van der Waals surface area contributed by atoms with Crippen LogP contribution in [0.5, 0.6) is 0 Å². The molecule has 0 radical (unpaired) electrons. The third-order valence-electron chi connectivity index (χ3n) is 5.38. The summed E-state index contributed by atoms with van der Waals surface area (Å²) in [6.07, 6.45) is 9.28. The molecule has 2 rings (SSSR count). The topological polar surface area (TPSA) is 68.8 Å². The summed E-state index contributed by atoms with van der Waals surface area (Å²) < 4.78 is 0. The van der Waals surface area contributed by atoms with E-state index in [2.05, 4.69) is 32.8 Å². The van der Waals surface area contributed by atoms with Gasteiger partial charge in [0.15, 0.2) is 5.96 Å². The molecule has 6 heteroatoms. The van der Waals surface area contributed by atoms with Gasteiger partial charge in [0.05, 0.1) is 0 Å². The van der Waals surface area contributed by atoms with Gasteiger partial charge in [0.1, 0.15) is 0 Å². The van der Waals surface area contributed by atoms with E-state index in [0.717, 1.165) is 5.96 Å². The molecule has 6 nitrogen and oxygen atoms in total. The van der Waals surface area contributed by atoms with E-state index in [1.165, 1.54) is 64.6 Å². The Labute approximate surface area is 153 Å². The maximum atomic E-state index is 11.9. The van der Waals surface area contributed by atoms with Crippen molar-refractivity contribution < 1.29 is 4.79 Å². The lowest BCUT2D eigenvalue weighted by atomic mass is 10.0. The van der Waals surface area contributed by atoms with E-state index in [0.29, 0.717) is 31.5 Å². The number of likely N-dealkylation sites (tertiary alicyclic amines) is 1. The van der Waals surface area contributed by atoms with Gasteiger partial charge in [-0.25, -0.2) is 0 Å². The lowest BCUT2D eigenvalue weighted by molar-refractivity contribution is -0.121. The molecule has 144 valence electrons. The van der Waals surface area contributed by atoms with Crippen molar-refractivity contribution in [1.82, 2.24) is 20.9 Å². The monoisotopic (exact) mass is 351 g/mol. The number of amides is 1. The number of rotatable bonds is 8. The van der Waals surface area contributed by atoms with Crippen LogP contribution >= 0.6 is 0 Å². The van der Waals surface area contributed by atoms with E-state index in [-0.39, 0.29) is 5.91 Å². The zero-order chi connectivity index (χ0) is 17.9. The maximum absolute atomic E-state index is 11.9. The molecule has 2 fully saturated rings. The average molecular weight is 352 g/mol. The predicted octanol–water partition coefficient (Wildman–Crippen LogP) is 1.72. The van der Waals surface area contributed by atoms with Gasteiger partial charge in [-0.2, -0.15) is 0 Å². The minimum absolute atomic E-state index is 0.194. The number of nitrogens with one attached hydrogen (secondary N) is 3. The van der Waals surface area contributed by atoms with Crippen LogP contribution in [-0.4, -0.2) is 62.6 Å². The Bertz CT molecular complexity index is 412. The van der Waals surface area contributed by atoms with Gasteiger partial charge in [-0.05, 0) is 44.6 Å². The van der Waals surface area contributed by atoms with Crippen molar-refractivity contribution in [3.63, 3.8) is 0 Å². The summed E-state index contributed by atoms with van der Waals surface area (Å²) in [5.74, 6) is 1.65. The SMILES string of the molecule is CCCN1CCC(NC(=NC)NCCNC(=O)CC2CCCC2)CC1. The van der Waals surface area contributed by atoms with E-state index in [4.69, 9.17) is 0 Å². The van der Waals surface area contributed by atoms with E-state index in [9.17, 15) is 4.79 Å². The Kier molecular flexibility index (Phi) is 9.08. The summed E-state index contributed by atoms with van der Waals surface area (Å²) in [5, 5.41) is 9.85. The highest BCUT2D eigenvalue weighted by Gasteiger charge is 2.19. The molecule has 2 aliphatic rings. The van der Waals surface area contributed by atoms with Gasteiger partial charge < -0.3 is 20.9 Å². The van der Waals surface area contributed by atoms with Crippen LogP contribution in [0, 0.1) is 5.92 Å². The second kappa shape index (κ2) is 11.3. The molecule has 3 N–H and O–H groups in total. The second-order valence-electron chi connectivity index (χ2n) is 7.46. The zero-order valence-electron chi connectivity index (χ0n) is 16.1. The molecule has 1 amide bonds. The molecule has 1 aliphatic heterocycles. The first-order valence-electron chi connectivity index (χ1n) is 10.2. The molecule has 0 unspecified atom stereocenters. The number of nitrogens with zero attached hydrogens (tertiary/aromatic N) is 2. The van der Waals surface area contributed by atoms with Crippen molar-refractivity contribution in [2.24, 2.45) is 10.9 Å². The molecule has 25 heavy (non-hydrogen) atoms. The van der Waals surface area contributed by atoms with Crippen LogP contribution in [0.3, 0.4) is 0 Å². The van der Waals surface area contributed by atoms with Gasteiger partial charge in [0, 0.05) is 45.7 Å². The first kappa shape index (κ1) is 20.0. The Morgan fingerprint density at radius 1 is 1.08 bits per heavy atom. The fraction of sp³-hybridized carbons (Fsp3) is 0.895. The van der Waals surface area contributed by atoms with Crippen LogP contribution < -0.4 is 16.0 Å². The predicted molar refractivity (Wildman–Crippen MR) is 104 cm³/mol. The van der Waals surface area contributed by atoms with Crippen molar-refractivity contribution in [3.05, 3.63) is 0 Å². The number of guanidine groups is 1. The van der Waals surface area contributed by atoms with Crippen molar-refractivity contribution in [2.45, 2.75) is 64.3 Å². The first-order valence-corrected chi connectivity index (χ1v) is 10.2. The van der Waals surface area contributed by atoms with Gasteiger partial charge in [-0.3, -0.25) is 9.79 Å². The Hall–Kier alpha value is -1.30. The van der Waals surface area contributed by atoms with Gasteiger partial charge in [0.2, 0.25) is 5.91 Å². The quantitative estimate of drug-likeness (QED) is 0.354. The molecule has 1 saturated carbocycles. The van der Waals surface area contributed by atoms with E-state index in [1.807, 2.05) is 0 Å². The fourth-order valence-electron chi connectivity index (χ4n) is 3.94. The smallest absolute Gasteiger partial charge is 0.220 e. The second-order valence-corrected chi connectivity index (χ2v) is 7.46. The molecular weight excluding hydrogens is 314 g/mol. The molecule has 1 aliphatic carbocycles. The largest absolute Gasteiger partial charge is 0.355 e. The summed E-state index contributed by atoms with van der Waals surface area (Å²) in [6, 6.07) is 0.497. The molecular formula is C19H37N5O. The minimum atomic E-state index is 0.194. The Morgan fingerprint density at radius 3 is 2.40 bits per heavy atom. The minimum Gasteiger partial charge on any atom is -0.355 e. The highest BCUT2D eigenvalue weighted by Crippen LogP contribution is 2.27. The lowest BCUT2D eigenvalue weighted by Gasteiger charge is -2.32. The highest BCUT2D eigenvalue weighted by atomic mass is 16.1. The number of aliphatic imine (C=N–C) groups is 1. The molecule has 0 atom stereocenters. The van der Waals surface area contributed by atoms with E-state index >= 15 is 0 Å². The van der Waals surface area contributed by atoms with Gasteiger partial charge in [-0.15, -0.1) is 0 Å². The number of piperidine rings is 1. The summed E-state index contributed by atoms with van der Waals surface area (Å²) >= 11 is 0. The Balaban J connectivity index is 1.55. The van der Waals surface area contributed by atoms with Crippen LogP contribution in [0.25, 0.3) is 0 Å². The van der Waals surface area contributed by atoms with Crippen LogP contribution in [0.2, 0.25) is 0 Å². The number of hydrogen-bond acceptors (Lipinski definition) is 3. The molecule has 0 aromatic carbocycles. The van der Waals surface area contributed by atoms with Crippen molar-refractivity contribution in [2.75, 3.05) is 39.8 Å². The molecule has 0 bridgehead atoms. The molecule has 0 spiro atoms.